The average molecular weight is 849 g/mol. The number of aryl methyl sites for hydroxylation is 2. The number of amides is 2. The zero-order chi connectivity index (χ0) is 43.5. The van der Waals surface area contributed by atoms with E-state index in [0.29, 0.717) is 68.5 Å². The maximum absolute atomic E-state index is 14.1. The molecule has 4 aliphatic rings. The van der Waals surface area contributed by atoms with E-state index in [-0.39, 0.29) is 37.1 Å². The van der Waals surface area contributed by atoms with Gasteiger partial charge in [0.05, 0.1) is 44.2 Å². The fraction of sp³-hybridized carbons (Fsp3) is 0.333. The second-order valence-electron chi connectivity index (χ2n) is 16.5. The van der Waals surface area contributed by atoms with Crippen LogP contribution in [-0.4, -0.2) is 83.5 Å². The number of hydrogen-bond donors (Lipinski definition) is 0. The summed E-state index contributed by atoms with van der Waals surface area (Å²) in [4.78, 5) is 49.8. The number of carbonyl (C=O) groups excluding carboxylic acids is 3. The molecule has 0 unspecified atom stereocenters. The number of hydrogen-bond acceptors (Lipinski definition) is 10. The molecule has 324 valence electrons. The first-order valence-electron chi connectivity index (χ1n) is 21.7. The minimum atomic E-state index is -0.175. The third-order valence-corrected chi connectivity index (χ3v) is 12.4. The molecule has 0 spiro atoms. The lowest BCUT2D eigenvalue weighted by Crippen LogP contribution is -2.37. The zero-order valence-corrected chi connectivity index (χ0v) is 36.0. The van der Waals surface area contributed by atoms with Crippen LogP contribution in [0.2, 0.25) is 0 Å². The molecule has 5 aromatic carbocycles. The summed E-state index contributed by atoms with van der Waals surface area (Å²) in [5, 5.41) is 0. The Hall–Kier alpha value is -6.50. The summed E-state index contributed by atoms with van der Waals surface area (Å²) in [6.07, 6.45) is 6.28. The maximum Gasteiger partial charge on any atom is 0.261 e. The van der Waals surface area contributed by atoms with Crippen molar-refractivity contribution in [2.75, 3.05) is 61.8 Å². The SMILES string of the molecule is COCCN(CCOCCC=O)c1cc(COc2cc3c(cc2C)C(=O)N2c4ccccc4C[C@H]2CC3)cc(COc2cc3c(cc2OC)C(=O)N2c4ccccc4C[C@H]2C=N3)c1. The highest BCUT2D eigenvalue weighted by molar-refractivity contribution is 6.15. The van der Waals surface area contributed by atoms with E-state index in [1.54, 1.807) is 26.4 Å². The largest absolute Gasteiger partial charge is 0.493 e. The topological polar surface area (TPSA) is 119 Å². The number of nitrogens with zero attached hydrogens (tertiary/aromatic N) is 4. The molecule has 0 saturated heterocycles. The van der Waals surface area contributed by atoms with Gasteiger partial charge in [0.15, 0.2) is 11.5 Å². The third kappa shape index (κ3) is 8.53. The Balaban J connectivity index is 0.979. The molecule has 2 atom stereocenters. The summed E-state index contributed by atoms with van der Waals surface area (Å²) < 4.78 is 30.2. The number of aldehydes is 1. The van der Waals surface area contributed by atoms with Gasteiger partial charge in [0.25, 0.3) is 11.8 Å². The molecule has 0 aromatic heterocycles. The fourth-order valence-corrected chi connectivity index (χ4v) is 9.29. The van der Waals surface area contributed by atoms with Gasteiger partial charge in [0, 0.05) is 74.0 Å². The van der Waals surface area contributed by atoms with Gasteiger partial charge in [-0.15, -0.1) is 0 Å². The molecule has 4 heterocycles. The Morgan fingerprint density at radius 3 is 2.17 bits per heavy atom. The van der Waals surface area contributed by atoms with Gasteiger partial charge in [-0.05, 0) is 108 Å². The van der Waals surface area contributed by atoms with E-state index in [2.05, 4.69) is 41.3 Å². The van der Waals surface area contributed by atoms with Crippen LogP contribution in [0.5, 0.6) is 17.2 Å². The molecule has 9 rings (SSSR count). The van der Waals surface area contributed by atoms with Crippen LogP contribution in [0.4, 0.5) is 22.7 Å². The van der Waals surface area contributed by atoms with E-state index in [1.165, 1.54) is 5.56 Å². The lowest BCUT2D eigenvalue weighted by atomic mass is 9.98. The highest BCUT2D eigenvalue weighted by Gasteiger charge is 2.38. The molecule has 12 nitrogen and oxygen atoms in total. The minimum Gasteiger partial charge on any atom is -0.493 e. The summed E-state index contributed by atoms with van der Waals surface area (Å²) in [5.74, 6) is 1.55. The lowest BCUT2D eigenvalue weighted by molar-refractivity contribution is -0.108. The van der Waals surface area contributed by atoms with Gasteiger partial charge < -0.3 is 38.3 Å². The number of carbonyl (C=O) groups is 3. The maximum atomic E-state index is 14.1. The molecule has 0 saturated carbocycles. The van der Waals surface area contributed by atoms with Gasteiger partial charge in [0.2, 0.25) is 0 Å². The summed E-state index contributed by atoms with van der Waals surface area (Å²) in [6.45, 7) is 4.89. The highest BCUT2D eigenvalue weighted by Crippen LogP contribution is 2.42. The van der Waals surface area contributed by atoms with Crippen molar-refractivity contribution in [3.05, 3.63) is 136 Å². The van der Waals surface area contributed by atoms with Gasteiger partial charge in [-0.25, -0.2) is 0 Å². The second kappa shape index (κ2) is 18.5. The number of fused-ring (bicyclic) bond motifs is 8. The van der Waals surface area contributed by atoms with Crippen molar-refractivity contribution in [3.63, 3.8) is 0 Å². The van der Waals surface area contributed by atoms with Crippen LogP contribution >= 0.6 is 0 Å². The second-order valence-corrected chi connectivity index (χ2v) is 16.5. The number of rotatable bonds is 17. The van der Waals surface area contributed by atoms with Gasteiger partial charge >= 0.3 is 0 Å². The van der Waals surface area contributed by atoms with E-state index < -0.39 is 0 Å². The number of para-hydroxylation sites is 2. The fourth-order valence-electron chi connectivity index (χ4n) is 9.29. The predicted octanol–water partition coefficient (Wildman–Crippen LogP) is 8.03. The number of anilines is 3. The third-order valence-electron chi connectivity index (χ3n) is 12.4. The molecule has 0 N–H and O–H groups in total. The van der Waals surface area contributed by atoms with Gasteiger partial charge in [-0.2, -0.15) is 0 Å². The predicted molar refractivity (Wildman–Crippen MR) is 243 cm³/mol. The van der Waals surface area contributed by atoms with Crippen molar-refractivity contribution in [3.8, 4) is 17.2 Å². The highest BCUT2D eigenvalue weighted by atomic mass is 16.5. The molecular formula is C51H52N4O8. The number of methoxy groups -OCH3 is 2. The number of ether oxygens (including phenoxy) is 5. The summed E-state index contributed by atoms with van der Waals surface area (Å²) in [7, 11) is 3.24. The van der Waals surface area contributed by atoms with Crippen LogP contribution in [0.25, 0.3) is 0 Å². The van der Waals surface area contributed by atoms with Crippen molar-refractivity contribution in [2.24, 2.45) is 4.99 Å². The Labute approximate surface area is 368 Å². The van der Waals surface area contributed by atoms with Crippen molar-refractivity contribution >= 4 is 47.1 Å². The van der Waals surface area contributed by atoms with Crippen molar-refractivity contribution in [1.29, 1.82) is 0 Å². The van der Waals surface area contributed by atoms with Gasteiger partial charge in [0.1, 0.15) is 25.2 Å². The molecule has 2 amide bonds. The van der Waals surface area contributed by atoms with Gasteiger partial charge in [-0.3, -0.25) is 19.5 Å². The van der Waals surface area contributed by atoms with E-state index in [4.69, 9.17) is 28.7 Å². The van der Waals surface area contributed by atoms with Gasteiger partial charge in [-0.1, -0.05) is 36.4 Å². The standard InChI is InChI=1S/C51H52N4O8/c1-33-21-42-36(13-14-39-25-37-9-4-6-11-45(37)54(39)50(42)57)27-47(33)62-31-34-22-35(24-40(23-34)53(15-19-59-2)16-20-61-18-8-17-56)32-63-49-29-44-43(28-48(49)60-3)51(58)55-41(30-52-44)26-38-10-5-7-12-46(38)55/h4-7,9-12,17,21-24,27-30,39,41H,8,13-16,18-20,25-26,31-32H2,1-3H3/t39-,41+/m1/s1. The molecule has 63 heavy (non-hydrogen) atoms. The van der Waals surface area contributed by atoms with Crippen LogP contribution in [0.3, 0.4) is 0 Å². The molecule has 0 bridgehead atoms. The van der Waals surface area contributed by atoms with Crippen LogP contribution < -0.4 is 28.9 Å². The van der Waals surface area contributed by atoms with Crippen molar-refractivity contribution in [2.45, 2.75) is 64.3 Å². The Morgan fingerprint density at radius 1 is 0.730 bits per heavy atom. The quantitative estimate of drug-likeness (QED) is 0.0677. The van der Waals surface area contributed by atoms with E-state index in [1.807, 2.05) is 65.4 Å². The minimum absolute atomic E-state index is 0.0476. The first kappa shape index (κ1) is 41.8. The van der Waals surface area contributed by atoms with Crippen LogP contribution in [-0.2, 0) is 46.7 Å². The lowest BCUT2D eigenvalue weighted by Gasteiger charge is -2.26. The van der Waals surface area contributed by atoms with Crippen molar-refractivity contribution in [1.82, 2.24) is 0 Å². The van der Waals surface area contributed by atoms with Crippen molar-refractivity contribution < 1.29 is 38.1 Å². The summed E-state index contributed by atoms with van der Waals surface area (Å²) in [5.41, 5.74) is 10.6. The van der Waals surface area contributed by atoms with Crippen LogP contribution in [0.1, 0.15) is 66.9 Å². The molecular weight excluding hydrogens is 797 g/mol. The monoisotopic (exact) mass is 848 g/mol. The normalized spacial score (nSPS) is 16.9. The molecule has 0 radical (unpaired) electrons. The molecule has 0 aliphatic carbocycles. The molecule has 5 aromatic rings. The van der Waals surface area contributed by atoms with Crippen LogP contribution in [0, 0.1) is 6.92 Å². The van der Waals surface area contributed by atoms with Crippen LogP contribution in [0.15, 0.2) is 96.0 Å². The summed E-state index contributed by atoms with van der Waals surface area (Å²) in [6, 6.07) is 29.9. The number of aliphatic imine (C=N–C) groups is 1. The summed E-state index contributed by atoms with van der Waals surface area (Å²) >= 11 is 0. The van der Waals surface area contributed by atoms with E-state index >= 15 is 0 Å². The van der Waals surface area contributed by atoms with E-state index in [0.717, 1.165) is 81.7 Å². The zero-order valence-electron chi connectivity index (χ0n) is 36.0. The Bertz CT molecular complexity index is 2570. The first-order chi connectivity index (χ1) is 30.8. The molecule has 12 heteroatoms. The van der Waals surface area contributed by atoms with E-state index in [9.17, 15) is 14.4 Å². The average Bonchev–Trinajstić information content (AvgIpc) is 3.80. The Kier molecular flexibility index (Phi) is 12.3. The number of benzene rings is 5. The molecule has 4 aliphatic heterocycles. The smallest absolute Gasteiger partial charge is 0.261 e. The first-order valence-corrected chi connectivity index (χ1v) is 21.7. The molecule has 0 fully saturated rings. The Morgan fingerprint density at radius 2 is 1.43 bits per heavy atom.